The molecule has 1 heterocycles. The molecule has 0 spiro atoms. The maximum Gasteiger partial charge on any atom is 0.308 e. The number of nitriles is 1. The van der Waals surface area contributed by atoms with Gasteiger partial charge in [-0.05, 0) is 43.7 Å². The predicted octanol–water partition coefficient (Wildman–Crippen LogP) is 5.53. The van der Waals surface area contributed by atoms with Crippen LogP contribution < -0.4 is 0 Å². The van der Waals surface area contributed by atoms with Gasteiger partial charge in [0.25, 0.3) is 0 Å². The number of aryl methyl sites for hydroxylation is 2. The van der Waals surface area contributed by atoms with E-state index in [1.165, 1.54) is 5.56 Å². The van der Waals surface area contributed by atoms with E-state index in [2.05, 4.69) is 31.9 Å². The highest BCUT2D eigenvalue weighted by atomic mass is 16.7. The van der Waals surface area contributed by atoms with Crippen LogP contribution in [0, 0.1) is 25.2 Å². The molecule has 0 fully saturated rings. The minimum absolute atomic E-state index is 0.0103. The van der Waals surface area contributed by atoms with Gasteiger partial charge in [-0.3, -0.25) is 9.48 Å². The second-order valence-electron chi connectivity index (χ2n) is 8.55. The third kappa shape index (κ3) is 5.75. The molecule has 2 aromatic rings. The minimum Gasteiger partial charge on any atom is -0.454 e. The van der Waals surface area contributed by atoms with E-state index in [1.54, 1.807) is 0 Å². The number of benzene rings is 1. The van der Waals surface area contributed by atoms with Gasteiger partial charge < -0.3 is 9.47 Å². The lowest BCUT2D eigenvalue weighted by atomic mass is 9.86. The van der Waals surface area contributed by atoms with Crippen LogP contribution in [0.2, 0.25) is 0 Å². The Morgan fingerprint density at radius 1 is 1.13 bits per heavy atom. The molecule has 0 saturated heterocycles. The molecule has 0 atom stereocenters. The number of rotatable bonds is 8. The molecule has 0 radical (unpaired) electrons. The van der Waals surface area contributed by atoms with Crippen molar-refractivity contribution in [3.63, 3.8) is 0 Å². The van der Waals surface area contributed by atoms with Gasteiger partial charge in [0.1, 0.15) is 17.3 Å². The normalized spacial score (nSPS) is 12.2. The van der Waals surface area contributed by atoms with E-state index in [0.29, 0.717) is 30.7 Å². The molecule has 6 heteroatoms. The van der Waals surface area contributed by atoms with E-state index in [-0.39, 0.29) is 18.2 Å². The van der Waals surface area contributed by atoms with Crippen molar-refractivity contribution in [3.05, 3.63) is 52.3 Å². The van der Waals surface area contributed by atoms with Gasteiger partial charge in [0.05, 0.1) is 5.69 Å². The highest BCUT2D eigenvalue weighted by Gasteiger charge is 2.23. The second-order valence-corrected chi connectivity index (χ2v) is 8.55. The van der Waals surface area contributed by atoms with E-state index >= 15 is 0 Å². The lowest BCUT2D eigenvalue weighted by Gasteiger charge is -2.19. The molecule has 0 aliphatic heterocycles. The highest BCUT2D eigenvalue weighted by molar-refractivity contribution is 5.94. The summed E-state index contributed by atoms with van der Waals surface area (Å²) >= 11 is 0. The fourth-order valence-corrected chi connectivity index (χ4v) is 3.26. The first-order valence-electron chi connectivity index (χ1n) is 10.7. The summed E-state index contributed by atoms with van der Waals surface area (Å²) in [6.07, 6.45) is 1.03. The number of esters is 1. The average molecular weight is 424 g/mol. The van der Waals surface area contributed by atoms with Crippen LogP contribution >= 0.6 is 0 Å². The molecule has 2 rings (SSSR count). The molecule has 1 aromatic carbocycles. The summed E-state index contributed by atoms with van der Waals surface area (Å²) in [5.74, 6) is 0.0436. The summed E-state index contributed by atoms with van der Waals surface area (Å²) in [5.41, 5.74) is 4.82. The Morgan fingerprint density at radius 3 is 2.29 bits per heavy atom. The molecule has 0 unspecified atom stereocenters. The Balaban J connectivity index is 2.57. The Kier molecular flexibility index (Phi) is 8.04. The molecule has 0 amide bonds. The van der Waals surface area contributed by atoms with Gasteiger partial charge in [0.15, 0.2) is 5.76 Å². The summed E-state index contributed by atoms with van der Waals surface area (Å²) < 4.78 is 13.0. The molecule has 0 N–H and O–H groups in total. The van der Waals surface area contributed by atoms with Crippen LogP contribution in [0.1, 0.15) is 75.5 Å². The number of hydrogen-bond acceptors (Lipinski definition) is 5. The van der Waals surface area contributed by atoms with E-state index < -0.39 is 0 Å². The maximum absolute atomic E-state index is 11.8. The van der Waals surface area contributed by atoms with Gasteiger partial charge >= 0.3 is 5.97 Å². The first-order valence-corrected chi connectivity index (χ1v) is 10.7. The van der Waals surface area contributed by atoms with Crippen LogP contribution in [0.5, 0.6) is 0 Å². The molecule has 0 aliphatic rings. The van der Waals surface area contributed by atoms with Crippen molar-refractivity contribution < 1.29 is 14.3 Å². The van der Waals surface area contributed by atoms with Gasteiger partial charge in [-0.25, -0.2) is 0 Å². The Labute approximate surface area is 185 Å². The van der Waals surface area contributed by atoms with Crippen LogP contribution in [0.25, 0.3) is 11.3 Å². The van der Waals surface area contributed by atoms with E-state index in [1.807, 2.05) is 56.6 Å². The Morgan fingerprint density at radius 2 is 1.77 bits per heavy atom. The van der Waals surface area contributed by atoms with Crippen molar-refractivity contribution >= 4 is 17.3 Å². The molecule has 6 nitrogen and oxygen atoms in total. The van der Waals surface area contributed by atoms with E-state index in [0.717, 1.165) is 22.5 Å². The molecule has 1 aromatic heterocycles. The highest BCUT2D eigenvalue weighted by Crippen LogP contribution is 2.32. The second kappa shape index (κ2) is 10.3. The number of allylic oxidation sites excluding steroid dienone is 1. The molecular weight excluding hydrogens is 390 g/mol. The lowest BCUT2D eigenvalue weighted by molar-refractivity contribution is -0.151. The standard InChI is InChI=1S/C25H33N3O3/c1-8-10-22(29)30-16-31-24(23-17(3)18(4)27-28(23)9-2)21(15-26)19-11-13-20(14-12-19)25(5,6)7/h11-14H,8-10,16H2,1-7H3/b24-21-. The fraction of sp³-hybridized carbons (Fsp3) is 0.480. The Hall–Kier alpha value is -3.07. The number of carbonyl (C=O) groups excluding carboxylic acids is 1. The summed E-state index contributed by atoms with van der Waals surface area (Å²) in [6, 6.07) is 10.2. The quantitative estimate of drug-likeness (QED) is 0.242. The van der Waals surface area contributed by atoms with Gasteiger partial charge in [0.2, 0.25) is 6.79 Å². The van der Waals surface area contributed by atoms with Crippen molar-refractivity contribution in [2.45, 2.75) is 73.3 Å². The lowest BCUT2D eigenvalue weighted by Crippen LogP contribution is -2.12. The van der Waals surface area contributed by atoms with Crippen molar-refractivity contribution in [1.82, 2.24) is 9.78 Å². The average Bonchev–Trinajstić information content (AvgIpc) is 3.01. The number of hydrogen-bond donors (Lipinski definition) is 0. The van der Waals surface area contributed by atoms with Crippen LogP contribution in [0.4, 0.5) is 0 Å². The van der Waals surface area contributed by atoms with Gasteiger partial charge in [-0.1, -0.05) is 52.0 Å². The van der Waals surface area contributed by atoms with Crippen molar-refractivity contribution in [2.75, 3.05) is 6.79 Å². The van der Waals surface area contributed by atoms with Gasteiger partial charge in [0, 0.05) is 18.5 Å². The topological polar surface area (TPSA) is 77.1 Å². The zero-order chi connectivity index (χ0) is 23.2. The number of nitrogens with zero attached hydrogens (tertiary/aromatic N) is 3. The van der Waals surface area contributed by atoms with E-state index in [9.17, 15) is 10.1 Å². The van der Waals surface area contributed by atoms with Crippen molar-refractivity contribution in [2.24, 2.45) is 0 Å². The maximum atomic E-state index is 11.8. The molecule has 0 saturated carbocycles. The first-order chi connectivity index (χ1) is 14.6. The van der Waals surface area contributed by atoms with Gasteiger partial charge in [-0.15, -0.1) is 0 Å². The smallest absolute Gasteiger partial charge is 0.308 e. The molecule has 166 valence electrons. The molecule has 31 heavy (non-hydrogen) atoms. The van der Waals surface area contributed by atoms with Crippen LogP contribution in [-0.4, -0.2) is 22.5 Å². The van der Waals surface area contributed by atoms with Crippen LogP contribution in [0.3, 0.4) is 0 Å². The first kappa shape index (κ1) is 24.2. The third-order valence-electron chi connectivity index (χ3n) is 5.20. The number of carbonyl (C=O) groups is 1. The van der Waals surface area contributed by atoms with E-state index in [4.69, 9.17) is 9.47 Å². The SMILES string of the molecule is CCCC(=O)OCO/C(=C(/C#N)c1ccc(C(C)(C)C)cc1)c1c(C)c(C)nn1CC. The van der Waals surface area contributed by atoms with Crippen LogP contribution in [0.15, 0.2) is 24.3 Å². The fourth-order valence-electron chi connectivity index (χ4n) is 3.26. The minimum atomic E-state index is -0.327. The molecular formula is C25H33N3O3. The summed E-state index contributed by atoms with van der Waals surface area (Å²) in [6.45, 7) is 14.6. The molecule has 0 aliphatic carbocycles. The predicted molar refractivity (Wildman–Crippen MR) is 122 cm³/mol. The number of aromatic nitrogens is 2. The summed E-state index contributed by atoms with van der Waals surface area (Å²) in [4.78, 5) is 11.8. The monoisotopic (exact) mass is 423 g/mol. The van der Waals surface area contributed by atoms with Crippen molar-refractivity contribution in [3.8, 4) is 6.07 Å². The zero-order valence-electron chi connectivity index (χ0n) is 19.7. The summed E-state index contributed by atoms with van der Waals surface area (Å²) in [5, 5.41) is 14.6. The van der Waals surface area contributed by atoms with Crippen LogP contribution in [-0.2, 0) is 26.2 Å². The van der Waals surface area contributed by atoms with Gasteiger partial charge in [-0.2, -0.15) is 10.4 Å². The van der Waals surface area contributed by atoms with Crippen molar-refractivity contribution in [1.29, 1.82) is 5.26 Å². The molecule has 0 bridgehead atoms. The third-order valence-corrected chi connectivity index (χ3v) is 5.20. The summed E-state index contributed by atoms with van der Waals surface area (Å²) in [7, 11) is 0. The Bertz CT molecular complexity index is 987. The number of ether oxygens (including phenoxy) is 2. The zero-order valence-corrected chi connectivity index (χ0v) is 19.7. The largest absolute Gasteiger partial charge is 0.454 e.